The molecule has 1 heterocycles. The molecule has 0 spiro atoms. The Labute approximate surface area is 125 Å². The minimum atomic E-state index is 0.756. The Hall–Kier alpha value is -0.350. The molecule has 0 amide bonds. The smallest absolute Gasteiger partial charge is 0.0554 e. The molecular formula is C14H15BrClNS. The van der Waals surface area contributed by atoms with Crippen molar-refractivity contribution in [2.45, 2.75) is 19.9 Å². The van der Waals surface area contributed by atoms with Gasteiger partial charge in [0.15, 0.2) is 0 Å². The summed E-state index contributed by atoms with van der Waals surface area (Å²) in [7, 11) is 0. The average Bonchev–Trinajstić information content (AvgIpc) is 2.82. The molecule has 0 fully saturated rings. The van der Waals surface area contributed by atoms with Gasteiger partial charge in [-0.25, -0.2) is 0 Å². The Balaban J connectivity index is 2.16. The predicted molar refractivity (Wildman–Crippen MR) is 84.5 cm³/mol. The molecule has 0 saturated heterocycles. The summed E-state index contributed by atoms with van der Waals surface area (Å²) in [5.41, 5.74) is 1.16. The molecule has 0 bridgehead atoms. The van der Waals surface area contributed by atoms with Crippen LogP contribution in [0.1, 0.15) is 18.2 Å². The molecule has 96 valence electrons. The van der Waals surface area contributed by atoms with Crippen molar-refractivity contribution in [3.63, 3.8) is 0 Å². The van der Waals surface area contributed by atoms with Crippen LogP contribution in [0.25, 0.3) is 10.4 Å². The van der Waals surface area contributed by atoms with Crippen LogP contribution >= 0.6 is 38.9 Å². The minimum Gasteiger partial charge on any atom is -0.312 e. The van der Waals surface area contributed by atoms with E-state index in [0.29, 0.717) is 0 Å². The van der Waals surface area contributed by atoms with Gasteiger partial charge in [-0.05, 0) is 47.1 Å². The summed E-state index contributed by atoms with van der Waals surface area (Å²) in [6.45, 7) is 4.18. The average molecular weight is 345 g/mol. The maximum Gasteiger partial charge on any atom is 0.0554 e. The zero-order valence-corrected chi connectivity index (χ0v) is 13.3. The van der Waals surface area contributed by atoms with Crippen molar-refractivity contribution in [1.29, 1.82) is 0 Å². The van der Waals surface area contributed by atoms with E-state index in [0.717, 1.165) is 34.6 Å². The van der Waals surface area contributed by atoms with Crippen LogP contribution in [0.5, 0.6) is 0 Å². The van der Waals surface area contributed by atoms with Crippen molar-refractivity contribution in [2.75, 3.05) is 6.54 Å². The number of nitrogens with one attached hydrogen (secondary N) is 1. The van der Waals surface area contributed by atoms with E-state index in [4.69, 9.17) is 11.6 Å². The Kier molecular flexibility index (Phi) is 5.25. The zero-order chi connectivity index (χ0) is 13.0. The van der Waals surface area contributed by atoms with Crippen molar-refractivity contribution in [1.82, 2.24) is 5.32 Å². The summed E-state index contributed by atoms with van der Waals surface area (Å²) in [5.74, 6) is 0. The number of thiophene rings is 1. The van der Waals surface area contributed by atoms with Crippen molar-refractivity contribution >= 4 is 38.9 Å². The summed E-state index contributed by atoms with van der Waals surface area (Å²) < 4.78 is 0.974. The van der Waals surface area contributed by atoms with E-state index < -0.39 is 0 Å². The molecule has 0 aliphatic carbocycles. The normalized spacial score (nSPS) is 10.8. The quantitative estimate of drug-likeness (QED) is 0.723. The van der Waals surface area contributed by atoms with E-state index >= 15 is 0 Å². The van der Waals surface area contributed by atoms with Gasteiger partial charge in [-0.1, -0.05) is 30.7 Å². The van der Waals surface area contributed by atoms with Gasteiger partial charge in [0.25, 0.3) is 0 Å². The van der Waals surface area contributed by atoms with Gasteiger partial charge in [0.1, 0.15) is 0 Å². The molecule has 2 aromatic rings. The van der Waals surface area contributed by atoms with Crippen molar-refractivity contribution in [3.05, 3.63) is 44.7 Å². The Morgan fingerprint density at radius 1 is 1.28 bits per heavy atom. The molecule has 0 saturated carbocycles. The number of hydrogen-bond donors (Lipinski definition) is 1. The Morgan fingerprint density at radius 3 is 2.89 bits per heavy atom. The zero-order valence-electron chi connectivity index (χ0n) is 10.2. The molecule has 0 aliphatic heterocycles. The van der Waals surface area contributed by atoms with Gasteiger partial charge in [0.05, 0.1) is 5.02 Å². The summed E-state index contributed by atoms with van der Waals surface area (Å²) in [6.07, 6.45) is 1.16. The first-order valence-electron chi connectivity index (χ1n) is 5.96. The summed E-state index contributed by atoms with van der Waals surface area (Å²) in [5, 5.41) is 4.17. The van der Waals surface area contributed by atoms with E-state index in [9.17, 15) is 0 Å². The first-order valence-corrected chi connectivity index (χ1v) is 7.95. The van der Waals surface area contributed by atoms with E-state index in [2.05, 4.69) is 46.4 Å². The summed E-state index contributed by atoms with van der Waals surface area (Å²) >= 11 is 11.5. The highest BCUT2D eigenvalue weighted by Gasteiger charge is 2.08. The molecule has 1 aromatic heterocycles. The lowest BCUT2D eigenvalue weighted by molar-refractivity contribution is 0.681. The predicted octanol–water partition coefficient (Wildman–Crippen LogP) is 5.33. The van der Waals surface area contributed by atoms with Crippen molar-refractivity contribution in [2.24, 2.45) is 0 Å². The van der Waals surface area contributed by atoms with E-state index in [1.165, 1.54) is 9.75 Å². The van der Waals surface area contributed by atoms with Crippen LogP contribution in [0, 0.1) is 0 Å². The van der Waals surface area contributed by atoms with E-state index in [1.807, 2.05) is 23.5 Å². The lowest BCUT2D eigenvalue weighted by Gasteiger charge is -2.03. The highest BCUT2D eigenvalue weighted by molar-refractivity contribution is 9.10. The fourth-order valence-electron chi connectivity index (χ4n) is 1.70. The molecular weight excluding hydrogens is 330 g/mol. The molecule has 0 aliphatic rings. The number of rotatable bonds is 5. The van der Waals surface area contributed by atoms with Gasteiger partial charge in [0.2, 0.25) is 0 Å². The molecule has 2 rings (SSSR count). The maximum atomic E-state index is 6.12. The number of hydrogen-bond acceptors (Lipinski definition) is 2. The molecule has 0 radical (unpaired) electrons. The van der Waals surface area contributed by atoms with Crippen LogP contribution in [0.4, 0.5) is 0 Å². The van der Waals surface area contributed by atoms with Gasteiger partial charge in [0, 0.05) is 26.3 Å². The number of halogens is 2. The SMILES string of the molecule is CCCNCc1ccc(-c2cccc(Cl)c2Br)s1. The van der Waals surface area contributed by atoms with E-state index in [-0.39, 0.29) is 0 Å². The van der Waals surface area contributed by atoms with Crippen LogP contribution in [0.2, 0.25) is 5.02 Å². The second-order valence-corrected chi connectivity index (χ2v) is 6.41. The second kappa shape index (κ2) is 6.71. The first-order chi connectivity index (χ1) is 8.72. The molecule has 1 aromatic carbocycles. The van der Waals surface area contributed by atoms with Crippen LogP contribution in [-0.4, -0.2) is 6.54 Å². The van der Waals surface area contributed by atoms with Crippen molar-refractivity contribution in [3.8, 4) is 10.4 Å². The third-order valence-corrected chi connectivity index (χ3v) is 5.12. The fraction of sp³-hybridized carbons (Fsp3) is 0.286. The topological polar surface area (TPSA) is 12.0 Å². The third kappa shape index (κ3) is 3.35. The van der Waals surface area contributed by atoms with Gasteiger partial charge in [-0.2, -0.15) is 0 Å². The maximum absolute atomic E-state index is 6.12. The monoisotopic (exact) mass is 343 g/mol. The van der Waals surface area contributed by atoms with Gasteiger partial charge < -0.3 is 5.32 Å². The summed E-state index contributed by atoms with van der Waals surface area (Å²) in [4.78, 5) is 2.60. The largest absolute Gasteiger partial charge is 0.312 e. The second-order valence-electron chi connectivity index (χ2n) is 4.04. The van der Waals surface area contributed by atoms with Crippen LogP contribution in [-0.2, 0) is 6.54 Å². The van der Waals surface area contributed by atoms with Gasteiger partial charge in [-0.3, -0.25) is 0 Å². The van der Waals surface area contributed by atoms with Crippen LogP contribution < -0.4 is 5.32 Å². The molecule has 4 heteroatoms. The minimum absolute atomic E-state index is 0.756. The van der Waals surface area contributed by atoms with Crippen molar-refractivity contribution < 1.29 is 0 Å². The van der Waals surface area contributed by atoms with Crippen LogP contribution in [0.3, 0.4) is 0 Å². The molecule has 1 N–H and O–H groups in total. The molecule has 1 nitrogen and oxygen atoms in total. The highest BCUT2D eigenvalue weighted by Crippen LogP contribution is 2.37. The molecule has 0 atom stereocenters. The highest BCUT2D eigenvalue weighted by atomic mass is 79.9. The first kappa shape index (κ1) is 14.1. The fourth-order valence-corrected chi connectivity index (χ4v) is 3.49. The third-order valence-electron chi connectivity index (χ3n) is 2.60. The van der Waals surface area contributed by atoms with Crippen LogP contribution in [0.15, 0.2) is 34.8 Å². The van der Waals surface area contributed by atoms with Gasteiger partial charge >= 0.3 is 0 Å². The number of benzene rings is 1. The standard InChI is InChI=1S/C14H15BrClNS/c1-2-8-17-9-10-6-7-13(18-10)11-4-3-5-12(16)14(11)15/h3-7,17H,2,8-9H2,1H3. The summed E-state index contributed by atoms with van der Waals surface area (Å²) in [6, 6.07) is 10.3. The molecule has 0 unspecified atom stereocenters. The Bertz CT molecular complexity index is 524. The molecule has 18 heavy (non-hydrogen) atoms. The lowest BCUT2D eigenvalue weighted by atomic mass is 10.2. The van der Waals surface area contributed by atoms with E-state index in [1.54, 1.807) is 0 Å². The van der Waals surface area contributed by atoms with Gasteiger partial charge in [-0.15, -0.1) is 11.3 Å². The Morgan fingerprint density at radius 2 is 2.11 bits per heavy atom. The lowest BCUT2D eigenvalue weighted by Crippen LogP contribution is -2.12.